The molecule has 0 aromatic carbocycles. The first-order valence-electron chi connectivity index (χ1n) is 20.1. The molecule has 7 aliphatic carbocycles. The van der Waals surface area contributed by atoms with E-state index < -0.39 is 81.1 Å². The van der Waals surface area contributed by atoms with E-state index in [4.69, 9.17) is 15.5 Å². The second-order valence-corrected chi connectivity index (χ2v) is 19.4. The highest BCUT2D eigenvalue weighted by molar-refractivity contribution is 6.43. The molecule has 2 bridgehead atoms. The SMILES string of the molecule is C[C@@H]1[C@H]([C@@H](O)[C@](C)(O)[C@@H]2CC[C@]3(O)[C@H]4C(=NC[C@H](C)O)C(=O)[C@@H]5C[C@@H](O)[C@@H](O)C[C@@]56C[C@]5(C7CCC(N)NC7)C=CC(C[C@]23C)[C@@]46C=C5)OC[C@@H]1C. The number of aliphatic hydroxyl groups is 6. The number of hydrogen-bond donors (Lipinski definition) is 8. The average Bonchev–Trinajstić information content (AvgIpc) is 3.46. The van der Waals surface area contributed by atoms with E-state index in [1.165, 1.54) is 0 Å². The summed E-state index contributed by atoms with van der Waals surface area (Å²) in [6.07, 6.45) is 8.32. The number of allylic oxidation sites excluding steroid dienone is 4. The smallest absolute Gasteiger partial charge is 0.180 e. The molecule has 0 radical (unpaired) electrons. The molecule has 3 unspecified atom stereocenters. The van der Waals surface area contributed by atoms with Gasteiger partial charge in [0.2, 0.25) is 0 Å². The maximum absolute atomic E-state index is 15.3. The van der Waals surface area contributed by atoms with Crippen LogP contribution in [0.25, 0.3) is 0 Å². The maximum atomic E-state index is 15.3. The van der Waals surface area contributed by atoms with E-state index in [1.54, 1.807) is 13.8 Å². The van der Waals surface area contributed by atoms with Crippen molar-refractivity contribution in [3.8, 4) is 0 Å². The molecular weight excluding hydrogens is 662 g/mol. The van der Waals surface area contributed by atoms with Crippen LogP contribution in [-0.2, 0) is 9.53 Å². The first kappa shape index (κ1) is 37.4. The van der Waals surface area contributed by atoms with Crippen molar-refractivity contribution in [2.45, 2.75) is 134 Å². The van der Waals surface area contributed by atoms with Crippen LogP contribution >= 0.6 is 0 Å². The Kier molecular flexibility index (Phi) is 8.79. The van der Waals surface area contributed by atoms with Crippen LogP contribution in [0.5, 0.6) is 0 Å². The van der Waals surface area contributed by atoms with Crippen molar-refractivity contribution < 1.29 is 40.2 Å². The number of aliphatic imine (C=N–C) groups is 1. The molecule has 0 aromatic rings. The Hall–Kier alpha value is -1.54. The maximum Gasteiger partial charge on any atom is 0.180 e. The van der Waals surface area contributed by atoms with Gasteiger partial charge in [0.25, 0.3) is 0 Å². The number of nitrogens with two attached hydrogens (primary N) is 1. The molecule has 2 spiro atoms. The number of nitrogens with one attached hydrogen (secondary N) is 1. The van der Waals surface area contributed by atoms with Crippen LogP contribution in [0.2, 0.25) is 0 Å². The molecule has 2 aliphatic heterocycles. The Morgan fingerprint density at radius 1 is 1.12 bits per heavy atom. The van der Waals surface area contributed by atoms with E-state index in [0.29, 0.717) is 32.4 Å². The van der Waals surface area contributed by atoms with Crippen LogP contribution in [0, 0.1) is 63.1 Å². The standard InChI is InChI=1S/C41H63N3O8/c1-21-19-52-33(23(21)3)35(49)37(5,50)29-9-11-41(51)34-31(44-17-22(2)45)32(48)26-14-27(46)28(47)16-39(26)20-38(25-6-7-30(42)43-18-25)10-8-24(15-36(29,41)4)40(34,39)13-12-38/h8,10,12-13,21-30,33-35,43,45-47,49-51H,6-7,9,11,14-20,42H2,1-5H3/t21-,22-,23-,24?,25?,26-,27+,28-,29+,30?,33+,34-,35+,36+,37+,38-,39+,40-,41-/m0/s1. The van der Waals surface area contributed by atoms with E-state index in [2.05, 4.69) is 36.5 Å². The minimum atomic E-state index is -1.62. The zero-order chi connectivity index (χ0) is 37.4. The molecule has 9 N–H and O–H groups in total. The number of carbonyl (C=O) groups excluding carboxylic acids is 1. The fourth-order valence-corrected chi connectivity index (χ4v) is 14.0. The van der Waals surface area contributed by atoms with Crippen LogP contribution in [-0.4, -0.2) is 110 Å². The van der Waals surface area contributed by atoms with Crippen molar-refractivity contribution in [3.05, 3.63) is 24.3 Å². The van der Waals surface area contributed by atoms with Gasteiger partial charge in [0.05, 0.1) is 54.0 Å². The fraction of sp³-hybridized carbons (Fsp3) is 0.854. The summed E-state index contributed by atoms with van der Waals surface area (Å²) in [5.74, 6) is -1.95. The summed E-state index contributed by atoms with van der Waals surface area (Å²) in [6.45, 7) is 10.7. The topological polar surface area (TPSA) is 198 Å². The summed E-state index contributed by atoms with van der Waals surface area (Å²) in [6, 6.07) is 0. The summed E-state index contributed by atoms with van der Waals surface area (Å²) in [4.78, 5) is 20.2. The van der Waals surface area contributed by atoms with Gasteiger partial charge in [-0.3, -0.25) is 9.79 Å². The normalized spacial score (nSPS) is 55.3. The zero-order valence-corrected chi connectivity index (χ0v) is 31.6. The third kappa shape index (κ3) is 4.76. The molecule has 19 atom stereocenters. The van der Waals surface area contributed by atoms with Crippen molar-refractivity contribution in [1.29, 1.82) is 0 Å². The zero-order valence-electron chi connectivity index (χ0n) is 31.6. The predicted octanol–water partition coefficient (Wildman–Crippen LogP) is 1.86. The lowest BCUT2D eigenvalue weighted by molar-refractivity contribution is -0.256. The molecule has 0 amide bonds. The van der Waals surface area contributed by atoms with Crippen LogP contribution in [0.4, 0.5) is 0 Å². The number of nitrogens with zero attached hydrogens (tertiary/aromatic N) is 1. The van der Waals surface area contributed by atoms with Crippen molar-refractivity contribution in [2.75, 3.05) is 19.7 Å². The van der Waals surface area contributed by atoms with Crippen molar-refractivity contribution in [1.82, 2.24) is 5.32 Å². The summed E-state index contributed by atoms with van der Waals surface area (Å²) in [5, 5.41) is 75.0. The van der Waals surface area contributed by atoms with Gasteiger partial charge < -0.3 is 46.4 Å². The van der Waals surface area contributed by atoms with E-state index in [-0.39, 0.29) is 67.1 Å². The molecule has 11 heteroatoms. The van der Waals surface area contributed by atoms with Gasteiger partial charge in [0.15, 0.2) is 5.78 Å². The largest absolute Gasteiger partial charge is 0.391 e. The highest BCUT2D eigenvalue weighted by Gasteiger charge is 2.82. The quantitative estimate of drug-likeness (QED) is 0.187. The number of fused-ring (bicyclic) bond motifs is 2. The molecule has 2 heterocycles. The lowest BCUT2D eigenvalue weighted by atomic mass is 9.30. The van der Waals surface area contributed by atoms with E-state index in [0.717, 1.165) is 12.8 Å². The second kappa shape index (κ2) is 12.2. The van der Waals surface area contributed by atoms with Gasteiger partial charge in [0, 0.05) is 41.2 Å². The number of Topliss-reactive ketones (excluding diaryl/α,β-unsaturated/α-hetero) is 1. The van der Waals surface area contributed by atoms with Crippen molar-refractivity contribution in [2.24, 2.45) is 73.8 Å². The van der Waals surface area contributed by atoms with Crippen LogP contribution < -0.4 is 11.1 Å². The van der Waals surface area contributed by atoms with E-state index >= 15 is 4.79 Å². The number of piperidine rings is 1. The Bertz CT molecular complexity index is 1540. The number of rotatable bonds is 6. The minimum Gasteiger partial charge on any atom is -0.391 e. The molecule has 11 nitrogen and oxygen atoms in total. The highest BCUT2D eigenvalue weighted by Crippen LogP contribution is 2.80. The average molecular weight is 726 g/mol. The van der Waals surface area contributed by atoms with Gasteiger partial charge in [-0.05, 0) is 100 Å². The molecule has 2 saturated heterocycles. The van der Waals surface area contributed by atoms with Crippen LogP contribution in [0.3, 0.4) is 0 Å². The number of hydrogen-bond acceptors (Lipinski definition) is 11. The molecule has 290 valence electrons. The van der Waals surface area contributed by atoms with Crippen LogP contribution in [0.1, 0.15) is 86.0 Å². The monoisotopic (exact) mass is 725 g/mol. The van der Waals surface area contributed by atoms with E-state index in [1.807, 2.05) is 13.8 Å². The molecule has 9 rings (SSSR count). The number of ketones is 1. The molecule has 52 heavy (non-hydrogen) atoms. The summed E-state index contributed by atoms with van der Waals surface area (Å²) < 4.78 is 6.09. The lowest BCUT2D eigenvalue weighted by Gasteiger charge is -2.73. The molecule has 0 aromatic heterocycles. The summed E-state index contributed by atoms with van der Waals surface area (Å²) >= 11 is 0. The first-order valence-corrected chi connectivity index (χ1v) is 20.1. The molecule has 6 fully saturated rings. The van der Waals surface area contributed by atoms with Gasteiger partial charge in [-0.15, -0.1) is 0 Å². The number of ether oxygens (including phenoxy) is 1. The van der Waals surface area contributed by atoms with Gasteiger partial charge in [-0.1, -0.05) is 45.1 Å². The van der Waals surface area contributed by atoms with Gasteiger partial charge in [0.1, 0.15) is 6.10 Å². The predicted molar refractivity (Wildman–Crippen MR) is 195 cm³/mol. The Morgan fingerprint density at radius 2 is 1.87 bits per heavy atom. The van der Waals surface area contributed by atoms with Crippen molar-refractivity contribution in [3.63, 3.8) is 0 Å². The molecular formula is C41H63N3O8. The minimum absolute atomic E-state index is 0.0115. The van der Waals surface area contributed by atoms with E-state index in [9.17, 15) is 30.6 Å². The first-order chi connectivity index (χ1) is 24.4. The third-order valence-corrected chi connectivity index (χ3v) is 16.9. The summed E-state index contributed by atoms with van der Waals surface area (Å²) in [5.41, 5.74) is 0.344. The number of carbonyl (C=O) groups is 1. The summed E-state index contributed by atoms with van der Waals surface area (Å²) in [7, 11) is 0. The fourth-order valence-electron chi connectivity index (χ4n) is 14.0. The Balaban J connectivity index is 1.33. The lowest BCUT2D eigenvalue weighted by Crippen LogP contribution is -2.77. The van der Waals surface area contributed by atoms with Crippen LogP contribution in [0.15, 0.2) is 29.3 Å². The van der Waals surface area contributed by atoms with Crippen molar-refractivity contribution >= 4 is 11.5 Å². The van der Waals surface area contributed by atoms with Gasteiger partial charge in [-0.25, -0.2) is 0 Å². The molecule has 9 aliphatic rings. The van der Waals surface area contributed by atoms with Gasteiger partial charge >= 0.3 is 0 Å². The highest BCUT2D eigenvalue weighted by atomic mass is 16.5. The Labute approximate surface area is 308 Å². The Morgan fingerprint density at radius 3 is 2.52 bits per heavy atom. The second-order valence-electron chi connectivity index (χ2n) is 19.4. The van der Waals surface area contributed by atoms with Gasteiger partial charge in [-0.2, -0.15) is 0 Å². The third-order valence-electron chi connectivity index (χ3n) is 16.9. The number of aliphatic hydroxyl groups excluding tert-OH is 4. The molecule has 4 saturated carbocycles.